The van der Waals surface area contributed by atoms with Gasteiger partial charge in [-0.05, 0) is 36.5 Å². The van der Waals surface area contributed by atoms with Crippen LogP contribution in [0.25, 0.3) is 0 Å². The van der Waals surface area contributed by atoms with E-state index in [1.54, 1.807) is 13.4 Å². The monoisotopic (exact) mass is 275 g/mol. The van der Waals surface area contributed by atoms with Crippen molar-refractivity contribution < 1.29 is 4.74 Å². The number of hydrogen-bond acceptors (Lipinski definition) is 5. The molecule has 0 N–H and O–H groups in total. The highest BCUT2D eigenvalue weighted by Crippen LogP contribution is 2.41. The molecule has 0 unspecified atom stereocenters. The van der Waals surface area contributed by atoms with Crippen LogP contribution in [0.2, 0.25) is 0 Å². The molecule has 0 spiro atoms. The molecule has 1 fully saturated rings. The summed E-state index contributed by atoms with van der Waals surface area (Å²) in [5.74, 6) is 1.58. The Labute approximate surface area is 117 Å². The molecule has 0 aliphatic heterocycles. The second kappa shape index (κ2) is 5.17. The summed E-state index contributed by atoms with van der Waals surface area (Å²) in [5.41, 5.74) is 1.38. The first kappa shape index (κ1) is 12.4. The molecule has 0 radical (unpaired) electrons. The van der Waals surface area contributed by atoms with E-state index in [1.807, 2.05) is 6.07 Å². The third kappa shape index (κ3) is 2.42. The zero-order valence-corrected chi connectivity index (χ0v) is 11.9. The topological polar surface area (TPSA) is 38.2 Å². The summed E-state index contributed by atoms with van der Waals surface area (Å²) in [4.78, 5) is 6.50. The van der Waals surface area contributed by atoms with Crippen LogP contribution in [0, 0.1) is 0 Å². The van der Waals surface area contributed by atoms with Gasteiger partial charge in [-0.25, -0.2) is 4.98 Å². The molecular weight excluding hydrogens is 258 g/mol. The molecule has 1 aromatic heterocycles. The first-order chi connectivity index (χ1) is 9.28. The van der Waals surface area contributed by atoms with E-state index < -0.39 is 0 Å². The maximum Gasteiger partial charge on any atom is 0.204 e. The number of hydrogen-bond donors (Lipinski definition) is 0. The minimum Gasteiger partial charge on any atom is -0.497 e. The summed E-state index contributed by atoms with van der Waals surface area (Å²) < 4.78 is 9.34. The van der Waals surface area contributed by atoms with Crippen LogP contribution >= 0.6 is 11.5 Å². The molecule has 1 saturated carbocycles. The highest BCUT2D eigenvalue weighted by Gasteiger charge is 2.34. The predicted octanol–water partition coefficient (Wildman–Crippen LogP) is 2.93. The average Bonchev–Trinajstić information content (AvgIpc) is 2.91. The van der Waals surface area contributed by atoms with E-state index in [0.29, 0.717) is 12.0 Å². The van der Waals surface area contributed by atoms with Gasteiger partial charge in [0.15, 0.2) is 0 Å². The molecular formula is C14H17N3OS. The lowest BCUT2D eigenvalue weighted by atomic mass is 9.75. The van der Waals surface area contributed by atoms with E-state index in [0.717, 1.165) is 10.9 Å². The Morgan fingerprint density at radius 1 is 1.37 bits per heavy atom. The molecule has 4 nitrogen and oxygen atoms in total. The molecule has 1 aliphatic carbocycles. The highest BCUT2D eigenvalue weighted by atomic mass is 32.1. The zero-order valence-electron chi connectivity index (χ0n) is 11.1. The summed E-state index contributed by atoms with van der Waals surface area (Å²) in [6.07, 6.45) is 3.96. The SMILES string of the molecule is COc1cccc(C2CC(N(C)c3ncns3)C2)c1. The molecule has 0 atom stereocenters. The van der Waals surface area contributed by atoms with Crippen LogP contribution in [0.4, 0.5) is 5.13 Å². The second-order valence-electron chi connectivity index (χ2n) is 4.93. The molecule has 100 valence electrons. The van der Waals surface area contributed by atoms with Crippen LogP contribution in [0.3, 0.4) is 0 Å². The Bertz CT molecular complexity index is 537. The van der Waals surface area contributed by atoms with Gasteiger partial charge >= 0.3 is 0 Å². The molecule has 3 rings (SSSR count). The van der Waals surface area contributed by atoms with Crippen LogP contribution < -0.4 is 9.64 Å². The molecule has 5 heteroatoms. The number of anilines is 1. The maximum absolute atomic E-state index is 5.28. The molecule has 0 amide bonds. The number of nitrogens with zero attached hydrogens (tertiary/aromatic N) is 3. The van der Waals surface area contributed by atoms with Crippen molar-refractivity contribution in [3.63, 3.8) is 0 Å². The molecule has 1 heterocycles. The van der Waals surface area contributed by atoms with Gasteiger partial charge in [0.2, 0.25) is 5.13 Å². The van der Waals surface area contributed by atoms with Gasteiger partial charge in [0, 0.05) is 24.6 Å². The number of ether oxygens (including phenoxy) is 1. The van der Waals surface area contributed by atoms with Crippen molar-refractivity contribution in [2.75, 3.05) is 19.1 Å². The minimum atomic E-state index is 0.573. The maximum atomic E-state index is 5.28. The largest absolute Gasteiger partial charge is 0.497 e. The minimum absolute atomic E-state index is 0.573. The third-order valence-electron chi connectivity index (χ3n) is 3.88. The fraction of sp³-hybridized carbons (Fsp3) is 0.429. The highest BCUT2D eigenvalue weighted by molar-refractivity contribution is 7.09. The van der Waals surface area contributed by atoms with Crippen molar-refractivity contribution in [3.8, 4) is 5.75 Å². The van der Waals surface area contributed by atoms with Crippen molar-refractivity contribution in [2.45, 2.75) is 24.8 Å². The lowest BCUT2D eigenvalue weighted by Crippen LogP contribution is -2.41. The summed E-state index contributed by atoms with van der Waals surface area (Å²) in [7, 11) is 3.82. The molecule has 0 bridgehead atoms. The van der Waals surface area contributed by atoms with E-state index in [9.17, 15) is 0 Å². The Morgan fingerprint density at radius 2 is 2.21 bits per heavy atom. The summed E-state index contributed by atoms with van der Waals surface area (Å²) in [6.45, 7) is 0. The van der Waals surface area contributed by atoms with Crippen molar-refractivity contribution in [1.29, 1.82) is 0 Å². The standard InChI is InChI=1S/C14H17N3OS/c1-17(14-15-9-16-19-14)12-6-11(7-12)10-4-3-5-13(8-10)18-2/h3-5,8-9,11-12H,6-7H2,1-2H3. The van der Waals surface area contributed by atoms with Gasteiger partial charge in [0.1, 0.15) is 12.1 Å². The van der Waals surface area contributed by atoms with Gasteiger partial charge in [0.05, 0.1) is 7.11 Å². The fourth-order valence-electron chi connectivity index (χ4n) is 2.55. The van der Waals surface area contributed by atoms with Gasteiger partial charge in [-0.1, -0.05) is 12.1 Å². The van der Waals surface area contributed by atoms with Crippen LogP contribution in [-0.2, 0) is 0 Å². The lowest BCUT2D eigenvalue weighted by molar-refractivity contribution is 0.337. The van der Waals surface area contributed by atoms with Crippen molar-refractivity contribution in [2.24, 2.45) is 0 Å². The van der Waals surface area contributed by atoms with Crippen molar-refractivity contribution >= 4 is 16.7 Å². The van der Waals surface area contributed by atoms with Crippen LogP contribution in [0.15, 0.2) is 30.6 Å². The molecule has 19 heavy (non-hydrogen) atoms. The normalized spacial score (nSPS) is 21.8. The van der Waals surface area contributed by atoms with E-state index in [4.69, 9.17) is 4.74 Å². The zero-order chi connectivity index (χ0) is 13.2. The van der Waals surface area contributed by atoms with Gasteiger partial charge in [-0.3, -0.25) is 0 Å². The fourth-order valence-corrected chi connectivity index (χ4v) is 3.11. The average molecular weight is 275 g/mol. The number of methoxy groups -OCH3 is 1. The van der Waals surface area contributed by atoms with Crippen LogP contribution in [0.1, 0.15) is 24.3 Å². The summed E-state index contributed by atoms with van der Waals surface area (Å²) >= 11 is 1.46. The number of aromatic nitrogens is 2. The van der Waals surface area contributed by atoms with E-state index >= 15 is 0 Å². The summed E-state index contributed by atoms with van der Waals surface area (Å²) in [6, 6.07) is 8.97. The Morgan fingerprint density at radius 3 is 2.89 bits per heavy atom. The third-order valence-corrected chi connectivity index (χ3v) is 4.63. The van der Waals surface area contributed by atoms with Gasteiger partial charge in [-0.2, -0.15) is 4.37 Å². The van der Waals surface area contributed by atoms with Gasteiger partial charge in [0.25, 0.3) is 0 Å². The van der Waals surface area contributed by atoms with Gasteiger partial charge in [-0.15, -0.1) is 0 Å². The smallest absolute Gasteiger partial charge is 0.204 e. The number of benzene rings is 1. The van der Waals surface area contributed by atoms with E-state index in [2.05, 4.69) is 39.5 Å². The van der Waals surface area contributed by atoms with E-state index in [-0.39, 0.29) is 0 Å². The van der Waals surface area contributed by atoms with Crippen LogP contribution in [0.5, 0.6) is 5.75 Å². The van der Waals surface area contributed by atoms with Gasteiger partial charge < -0.3 is 9.64 Å². The summed E-state index contributed by atoms with van der Waals surface area (Å²) in [5, 5.41) is 1.01. The molecule has 1 aliphatic rings. The van der Waals surface area contributed by atoms with Crippen LogP contribution in [-0.4, -0.2) is 29.6 Å². The Hall–Kier alpha value is -1.62. The first-order valence-electron chi connectivity index (χ1n) is 6.41. The predicted molar refractivity (Wildman–Crippen MR) is 77.1 cm³/mol. The molecule has 1 aromatic carbocycles. The van der Waals surface area contributed by atoms with Crippen molar-refractivity contribution in [1.82, 2.24) is 9.36 Å². The van der Waals surface area contributed by atoms with E-state index in [1.165, 1.54) is 29.9 Å². The first-order valence-corrected chi connectivity index (χ1v) is 7.18. The lowest BCUT2D eigenvalue weighted by Gasteiger charge is -2.41. The molecule has 0 saturated heterocycles. The quantitative estimate of drug-likeness (QED) is 0.860. The second-order valence-corrected chi connectivity index (χ2v) is 5.69. The Kier molecular flexibility index (Phi) is 3.38. The number of rotatable bonds is 4. The van der Waals surface area contributed by atoms with Crippen molar-refractivity contribution in [3.05, 3.63) is 36.2 Å². The Balaban J connectivity index is 1.63. The molecule has 2 aromatic rings.